The van der Waals surface area contributed by atoms with Crippen LogP contribution < -0.4 is 4.90 Å². The molecule has 0 N–H and O–H groups in total. The van der Waals surface area contributed by atoms with Gasteiger partial charge < -0.3 is 13.9 Å². The van der Waals surface area contributed by atoms with Gasteiger partial charge in [0.25, 0.3) is 0 Å². The zero-order valence-electron chi connectivity index (χ0n) is 33.2. The van der Waals surface area contributed by atoms with E-state index in [9.17, 15) is 0 Å². The minimum Gasteiger partial charge on any atom is -0.455 e. The maximum atomic E-state index is 6.67. The average molecular weight is 779 g/mol. The predicted octanol–water partition coefficient (Wildman–Crippen LogP) is 16.3. The molecular formula is C58H38N2O. The van der Waals surface area contributed by atoms with E-state index < -0.39 is 0 Å². The smallest absolute Gasteiger partial charge is 0.143 e. The maximum Gasteiger partial charge on any atom is 0.143 e. The Hall–Kier alpha value is -8.14. The van der Waals surface area contributed by atoms with Gasteiger partial charge in [0, 0.05) is 49.6 Å². The predicted molar refractivity (Wildman–Crippen MR) is 257 cm³/mol. The lowest BCUT2D eigenvalue weighted by atomic mass is 9.96. The molecule has 0 radical (unpaired) electrons. The van der Waals surface area contributed by atoms with Crippen LogP contribution in [0, 0.1) is 0 Å². The molecule has 0 fully saturated rings. The lowest BCUT2D eigenvalue weighted by Crippen LogP contribution is -2.11. The van der Waals surface area contributed by atoms with Crippen molar-refractivity contribution in [2.75, 3.05) is 4.90 Å². The number of rotatable bonds is 7. The number of furan rings is 1. The number of aromatic nitrogens is 1. The van der Waals surface area contributed by atoms with Gasteiger partial charge in [-0.2, -0.15) is 0 Å². The molecule has 0 amide bonds. The zero-order valence-corrected chi connectivity index (χ0v) is 33.2. The standard InChI is InChI=1S/C58H38N2O/c1-3-14-39(15-4-1)40-26-32-45(33-27-40)59(53-23-11-9-20-48(53)50-22-13-25-56-57(50)51-36-30-42-16-7-8-19-47(42)58(51)61-56)46-34-28-41(29-35-46)43-31-37-55-52(38-43)49-21-10-12-24-54(49)60(55)44-17-5-2-6-18-44/h1-38H. The molecule has 0 aliphatic rings. The summed E-state index contributed by atoms with van der Waals surface area (Å²) in [4.78, 5) is 2.39. The van der Waals surface area contributed by atoms with Gasteiger partial charge in [-0.1, -0.05) is 158 Å². The van der Waals surface area contributed by atoms with E-state index in [-0.39, 0.29) is 0 Å². The average Bonchev–Trinajstić information content (AvgIpc) is 3.89. The van der Waals surface area contributed by atoms with Crippen LogP contribution in [0.1, 0.15) is 0 Å². The highest BCUT2D eigenvalue weighted by Crippen LogP contribution is 2.46. The van der Waals surface area contributed by atoms with Gasteiger partial charge in [-0.05, 0) is 106 Å². The molecule has 286 valence electrons. The van der Waals surface area contributed by atoms with Crippen LogP contribution in [-0.4, -0.2) is 4.57 Å². The third-order valence-corrected chi connectivity index (χ3v) is 12.2. The highest BCUT2D eigenvalue weighted by molar-refractivity contribution is 6.20. The zero-order chi connectivity index (χ0) is 40.3. The van der Waals surface area contributed by atoms with Crippen molar-refractivity contribution in [3.8, 4) is 39.1 Å². The van der Waals surface area contributed by atoms with E-state index >= 15 is 0 Å². The molecule has 3 nitrogen and oxygen atoms in total. The molecule has 12 aromatic rings. The van der Waals surface area contributed by atoms with Crippen molar-refractivity contribution in [3.05, 3.63) is 231 Å². The van der Waals surface area contributed by atoms with E-state index in [0.29, 0.717) is 0 Å². The minimum atomic E-state index is 0.880. The Labute approximate surface area is 353 Å². The fourth-order valence-electron chi connectivity index (χ4n) is 9.35. The topological polar surface area (TPSA) is 21.3 Å². The Morgan fingerprint density at radius 1 is 0.361 bits per heavy atom. The molecular weight excluding hydrogens is 741 g/mol. The first kappa shape index (κ1) is 34.9. The van der Waals surface area contributed by atoms with Gasteiger partial charge in [-0.15, -0.1) is 0 Å². The molecule has 0 saturated carbocycles. The van der Waals surface area contributed by atoms with Crippen LogP contribution in [0.4, 0.5) is 17.1 Å². The number of para-hydroxylation sites is 3. The van der Waals surface area contributed by atoms with Crippen molar-refractivity contribution in [2.24, 2.45) is 0 Å². The van der Waals surface area contributed by atoms with Gasteiger partial charge in [0.1, 0.15) is 11.2 Å². The van der Waals surface area contributed by atoms with Crippen molar-refractivity contribution < 1.29 is 4.42 Å². The first-order valence-corrected chi connectivity index (χ1v) is 20.8. The summed E-state index contributed by atoms with van der Waals surface area (Å²) in [6, 6.07) is 82.8. The molecule has 0 unspecified atom stereocenters. The molecule has 12 rings (SSSR count). The molecule has 0 bridgehead atoms. The number of anilines is 3. The van der Waals surface area contributed by atoms with Crippen LogP contribution in [0.15, 0.2) is 235 Å². The number of nitrogens with zero attached hydrogens (tertiary/aromatic N) is 2. The monoisotopic (exact) mass is 778 g/mol. The van der Waals surface area contributed by atoms with E-state index in [4.69, 9.17) is 4.42 Å². The van der Waals surface area contributed by atoms with Crippen molar-refractivity contribution in [1.82, 2.24) is 4.57 Å². The largest absolute Gasteiger partial charge is 0.455 e. The van der Waals surface area contributed by atoms with Gasteiger partial charge >= 0.3 is 0 Å². The molecule has 3 heteroatoms. The van der Waals surface area contributed by atoms with E-state index in [2.05, 4.69) is 240 Å². The Kier molecular flexibility index (Phi) is 8.17. The first-order valence-electron chi connectivity index (χ1n) is 20.8. The lowest BCUT2D eigenvalue weighted by molar-refractivity contribution is 0.673. The molecule has 0 saturated heterocycles. The van der Waals surface area contributed by atoms with Crippen LogP contribution in [0.5, 0.6) is 0 Å². The van der Waals surface area contributed by atoms with Crippen LogP contribution in [0.3, 0.4) is 0 Å². The highest BCUT2D eigenvalue weighted by atomic mass is 16.3. The molecule has 0 atom stereocenters. The van der Waals surface area contributed by atoms with Gasteiger partial charge in [0.05, 0.1) is 16.7 Å². The third-order valence-electron chi connectivity index (χ3n) is 12.2. The fourth-order valence-corrected chi connectivity index (χ4v) is 9.35. The summed E-state index contributed by atoms with van der Waals surface area (Å²) in [7, 11) is 0. The fraction of sp³-hybridized carbons (Fsp3) is 0. The van der Waals surface area contributed by atoms with Crippen molar-refractivity contribution in [3.63, 3.8) is 0 Å². The normalized spacial score (nSPS) is 11.6. The SMILES string of the molecule is c1ccc(-c2ccc(N(c3ccc(-c4ccc5c(c4)c4ccccc4n5-c4ccccc4)cc3)c3ccccc3-c3cccc4oc5c6ccccc6ccc5c34)cc2)cc1. The van der Waals surface area contributed by atoms with Crippen LogP contribution in [0.25, 0.3) is 93.6 Å². The second-order valence-electron chi connectivity index (χ2n) is 15.7. The van der Waals surface area contributed by atoms with E-state index in [1.165, 1.54) is 43.9 Å². The van der Waals surface area contributed by atoms with Gasteiger partial charge in [0.2, 0.25) is 0 Å². The van der Waals surface area contributed by atoms with E-state index in [1.807, 2.05) is 0 Å². The lowest BCUT2D eigenvalue weighted by Gasteiger charge is -2.28. The summed E-state index contributed by atoms with van der Waals surface area (Å²) in [5.41, 5.74) is 15.6. The van der Waals surface area contributed by atoms with Crippen LogP contribution in [0.2, 0.25) is 0 Å². The molecule has 0 spiro atoms. The van der Waals surface area contributed by atoms with Crippen LogP contribution in [-0.2, 0) is 0 Å². The summed E-state index contributed by atoms with van der Waals surface area (Å²) in [5, 5.41) is 7.01. The van der Waals surface area contributed by atoms with Crippen molar-refractivity contribution in [2.45, 2.75) is 0 Å². The Morgan fingerprint density at radius 2 is 0.951 bits per heavy atom. The highest BCUT2D eigenvalue weighted by Gasteiger charge is 2.21. The molecule has 2 heterocycles. The second kappa shape index (κ2) is 14.3. The van der Waals surface area contributed by atoms with Crippen LogP contribution >= 0.6 is 0 Å². The van der Waals surface area contributed by atoms with Crippen molar-refractivity contribution in [1.29, 1.82) is 0 Å². The summed E-state index contributed by atoms with van der Waals surface area (Å²) < 4.78 is 9.03. The first-order chi connectivity index (χ1) is 30.3. The van der Waals surface area contributed by atoms with Crippen molar-refractivity contribution >= 4 is 71.6 Å². The second-order valence-corrected chi connectivity index (χ2v) is 15.7. The Bertz CT molecular complexity index is 3560. The third kappa shape index (κ3) is 5.82. The minimum absolute atomic E-state index is 0.880. The summed E-state index contributed by atoms with van der Waals surface area (Å²) in [6.07, 6.45) is 0. The molecule has 10 aromatic carbocycles. The van der Waals surface area contributed by atoms with E-state index in [1.54, 1.807) is 0 Å². The number of benzene rings is 10. The van der Waals surface area contributed by atoms with E-state index in [0.717, 1.165) is 66.8 Å². The van der Waals surface area contributed by atoms with Gasteiger partial charge in [0.15, 0.2) is 0 Å². The summed E-state index contributed by atoms with van der Waals surface area (Å²) >= 11 is 0. The summed E-state index contributed by atoms with van der Waals surface area (Å²) in [6.45, 7) is 0. The number of hydrogen-bond donors (Lipinski definition) is 0. The maximum absolute atomic E-state index is 6.67. The molecule has 0 aliphatic heterocycles. The molecule has 61 heavy (non-hydrogen) atoms. The molecule has 2 aromatic heterocycles. The Balaban J connectivity index is 1.00. The molecule has 0 aliphatic carbocycles. The summed E-state index contributed by atoms with van der Waals surface area (Å²) in [5.74, 6) is 0. The van der Waals surface area contributed by atoms with Gasteiger partial charge in [-0.25, -0.2) is 0 Å². The van der Waals surface area contributed by atoms with Gasteiger partial charge in [-0.3, -0.25) is 0 Å². The number of hydrogen-bond acceptors (Lipinski definition) is 2. The Morgan fingerprint density at radius 3 is 1.74 bits per heavy atom. The number of fused-ring (bicyclic) bond motifs is 8. The quantitative estimate of drug-likeness (QED) is 0.161.